The Balaban J connectivity index is 1.29. The lowest BCUT2D eigenvalue weighted by atomic mass is 9.70. The van der Waals surface area contributed by atoms with E-state index in [0.717, 1.165) is 23.1 Å². The highest BCUT2D eigenvalue weighted by Gasteiger charge is 2.36. The summed E-state index contributed by atoms with van der Waals surface area (Å²) >= 11 is 0. The molecule has 2 aromatic heterocycles. The van der Waals surface area contributed by atoms with Crippen LogP contribution in [-0.2, 0) is 5.41 Å². The van der Waals surface area contributed by atoms with Crippen LogP contribution in [-0.4, -0.2) is 34.7 Å². The molecule has 31 heavy (non-hydrogen) atoms. The van der Waals surface area contributed by atoms with Gasteiger partial charge in [-0.3, -0.25) is 4.98 Å². The van der Waals surface area contributed by atoms with Crippen molar-refractivity contribution in [2.75, 3.05) is 19.6 Å². The number of likely N-dealkylation sites (tertiary alicyclic amines) is 1. The molecule has 1 N–H and O–H groups in total. The second-order valence-electron chi connectivity index (χ2n) is 12.4. The molecule has 0 amide bonds. The van der Waals surface area contributed by atoms with Crippen molar-refractivity contribution < 1.29 is 4.52 Å². The predicted molar refractivity (Wildman–Crippen MR) is 129 cm³/mol. The zero-order valence-electron chi connectivity index (χ0n) is 20.2. The van der Waals surface area contributed by atoms with Crippen LogP contribution in [0.3, 0.4) is 0 Å². The molecule has 3 heterocycles. The lowest BCUT2D eigenvalue weighted by Crippen LogP contribution is -2.42. The van der Waals surface area contributed by atoms with Gasteiger partial charge in [0.25, 0.3) is 0 Å². The fourth-order valence-corrected chi connectivity index (χ4v) is 6.00. The first-order valence-electron chi connectivity index (χ1n) is 12.2. The minimum Gasteiger partial charge on any atom is -0.382 e. The maximum Gasteiger partial charge on any atom is 0.165 e. The van der Waals surface area contributed by atoms with Gasteiger partial charge in [0.1, 0.15) is 0 Å². The number of fused-ring (bicyclic) bond motifs is 3. The van der Waals surface area contributed by atoms with Gasteiger partial charge in [0, 0.05) is 23.5 Å². The molecule has 1 aliphatic heterocycles. The summed E-state index contributed by atoms with van der Waals surface area (Å²) in [4.78, 5) is 7.50. The number of hydrogen-bond acceptors (Lipinski definition) is 3. The summed E-state index contributed by atoms with van der Waals surface area (Å²) in [6.07, 6.45) is 7.24. The number of hydrogen-bond donors (Lipinski definition) is 1. The molecule has 4 nitrogen and oxygen atoms in total. The third-order valence-corrected chi connectivity index (χ3v) is 8.04. The van der Waals surface area contributed by atoms with E-state index in [0.29, 0.717) is 11.3 Å². The molecule has 2 fully saturated rings. The molecule has 1 saturated heterocycles. The Hall–Kier alpha value is -1.81. The molecule has 0 atom stereocenters. The van der Waals surface area contributed by atoms with Gasteiger partial charge in [-0.05, 0) is 79.6 Å². The molecule has 0 unspecified atom stereocenters. The monoisotopic (exact) mass is 421 g/mol. The first-order valence-corrected chi connectivity index (χ1v) is 12.2. The summed E-state index contributed by atoms with van der Waals surface area (Å²) in [5.41, 5.74) is 5.19. The molecule has 0 radical (unpaired) electrons. The largest absolute Gasteiger partial charge is 0.382 e. The van der Waals surface area contributed by atoms with Gasteiger partial charge >= 0.3 is 0 Å². The standard InChI is InChI=1S/C27H39N3O/c1-26(2,3)19-8-11-30(12-9-19)16-17-13-18(14-17)21-15-22-23(20-7-10-28-24(20)21)25(29-31-22)27(4,5)6/h7,10,15,17-19,29H,8-9,11-14,16H2,1-6H3. The lowest BCUT2D eigenvalue weighted by molar-refractivity contribution is 0.0826. The fourth-order valence-electron chi connectivity index (χ4n) is 6.00. The van der Waals surface area contributed by atoms with E-state index >= 15 is 0 Å². The van der Waals surface area contributed by atoms with Crippen molar-refractivity contribution in [3.8, 4) is 0 Å². The van der Waals surface area contributed by atoms with Gasteiger partial charge in [-0.25, -0.2) is 5.16 Å². The highest BCUT2D eigenvalue weighted by Crippen LogP contribution is 2.47. The van der Waals surface area contributed by atoms with E-state index in [1.54, 1.807) is 0 Å². The maximum absolute atomic E-state index is 5.94. The van der Waals surface area contributed by atoms with E-state index in [-0.39, 0.29) is 5.41 Å². The van der Waals surface area contributed by atoms with Gasteiger partial charge in [-0.15, -0.1) is 0 Å². The number of piperidine rings is 1. The molecule has 168 valence electrons. The highest BCUT2D eigenvalue weighted by atomic mass is 16.5. The molecular weight excluding hydrogens is 382 g/mol. The Labute approximate surface area is 186 Å². The molecule has 3 aromatic rings. The van der Waals surface area contributed by atoms with Crippen molar-refractivity contribution in [1.29, 1.82) is 0 Å². The number of nitrogens with zero attached hydrogens (tertiary/aromatic N) is 2. The van der Waals surface area contributed by atoms with Crippen LogP contribution < -0.4 is 0 Å². The van der Waals surface area contributed by atoms with Crippen LogP contribution in [0.15, 0.2) is 22.9 Å². The van der Waals surface area contributed by atoms with E-state index in [2.05, 4.69) is 63.7 Å². The summed E-state index contributed by atoms with van der Waals surface area (Å²) in [5.74, 6) is 2.32. The van der Waals surface area contributed by atoms with Crippen LogP contribution >= 0.6 is 0 Å². The molecule has 1 aromatic carbocycles. The lowest BCUT2D eigenvalue weighted by Gasteiger charge is -2.43. The topological polar surface area (TPSA) is 45.1 Å². The van der Waals surface area contributed by atoms with Gasteiger partial charge in [0.05, 0.1) is 16.6 Å². The Morgan fingerprint density at radius 2 is 1.81 bits per heavy atom. The second kappa shape index (κ2) is 7.37. The first-order chi connectivity index (χ1) is 14.6. The normalized spacial score (nSPS) is 24.2. The SMILES string of the molecule is CC(C)(C)c1[nH]oc2cc(C3CC(CN4CCC(C(C)(C)C)CC4)C3)c3nccc3c12. The summed E-state index contributed by atoms with van der Waals surface area (Å²) in [7, 11) is 0. The van der Waals surface area contributed by atoms with E-state index in [4.69, 9.17) is 9.51 Å². The first kappa shape index (κ1) is 21.1. The molecule has 0 bridgehead atoms. The number of rotatable bonds is 3. The number of aromatic amines is 1. The van der Waals surface area contributed by atoms with Crippen molar-refractivity contribution in [2.24, 2.45) is 17.3 Å². The Morgan fingerprint density at radius 1 is 1.10 bits per heavy atom. The van der Waals surface area contributed by atoms with Crippen molar-refractivity contribution >= 4 is 21.9 Å². The summed E-state index contributed by atoms with van der Waals surface area (Å²) in [6, 6.07) is 4.43. The number of H-pyrrole nitrogens is 1. The number of nitrogens with one attached hydrogen (secondary N) is 1. The number of benzene rings is 1. The summed E-state index contributed by atoms with van der Waals surface area (Å²) in [6.45, 7) is 17.7. The van der Waals surface area contributed by atoms with Gasteiger partial charge in [-0.1, -0.05) is 41.5 Å². The number of aromatic nitrogens is 2. The average Bonchev–Trinajstić information content (AvgIpc) is 3.29. The van der Waals surface area contributed by atoms with Crippen LogP contribution in [0.5, 0.6) is 0 Å². The van der Waals surface area contributed by atoms with Crippen LogP contribution in [0.1, 0.15) is 84.4 Å². The molecule has 1 aliphatic carbocycles. The minimum absolute atomic E-state index is 0.0129. The summed E-state index contributed by atoms with van der Waals surface area (Å²) < 4.78 is 5.94. The molecule has 0 spiro atoms. The smallest absolute Gasteiger partial charge is 0.165 e. The maximum atomic E-state index is 5.94. The van der Waals surface area contributed by atoms with Crippen molar-refractivity contribution in [3.05, 3.63) is 29.6 Å². The fraction of sp³-hybridized carbons (Fsp3) is 0.667. The molecule has 1 saturated carbocycles. The van der Waals surface area contributed by atoms with E-state index in [9.17, 15) is 0 Å². The zero-order valence-corrected chi connectivity index (χ0v) is 20.2. The molecule has 5 rings (SSSR count). The van der Waals surface area contributed by atoms with Gasteiger partial charge in [0.15, 0.2) is 5.58 Å². The van der Waals surface area contributed by atoms with Crippen LogP contribution in [0.2, 0.25) is 0 Å². The van der Waals surface area contributed by atoms with E-state index in [1.807, 2.05) is 6.20 Å². The molecule has 2 aliphatic rings. The van der Waals surface area contributed by atoms with Crippen LogP contribution in [0.25, 0.3) is 21.9 Å². The average molecular weight is 422 g/mol. The second-order valence-corrected chi connectivity index (χ2v) is 12.4. The Morgan fingerprint density at radius 3 is 2.45 bits per heavy atom. The Bertz CT molecular complexity index is 1060. The van der Waals surface area contributed by atoms with Gasteiger partial charge in [0.2, 0.25) is 0 Å². The zero-order chi connectivity index (χ0) is 22.0. The predicted octanol–water partition coefficient (Wildman–Crippen LogP) is 6.86. The van der Waals surface area contributed by atoms with Crippen LogP contribution in [0.4, 0.5) is 0 Å². The highest BCUT2D eigenvalue weighted by molar-refractivity contribution is 6.07. The van der Waals surface area contributed by atoms with Crippen molar-refractivity contribution in [1.82, 2.24) is 15.0 Å². The van der Waals surface area contributed by atoms with Crippen LogP contribution in [0, 0.1) is 17.3 Å². The van der Waals surface area contributed by atoms with Crippen molar-refractivity contribution in [3.63, 3.8) is 0 Å². The molecule has 4 heteroatoms. The van der Waals surface area contributed by atoms with Gasteiger partial charge < -0.3 is 9.42 Å². The minimum atomic E-state index is 0.0129. The van der Waals surface area contributed by atoms with Gasteiger partial charge in [-0.2, -0.15) is 0 Å². The van der Waals surface area contributed by atoms with E-state index < -0.39 is 0 Å². The Kier molecular flexibility index (Phi) is 5.00. The van der Waals surface area contributed by atoms with Crippen molar-refractivity contribution in [2.45, 2.75) is 78.6 Å². The van der Waals surface area contributed by atoms with E-state index in [1.165, 1.54) is 67.2 Å². The summed E-state index contributed by atoms with van der Waals surface area (Å²) in [5, 5.41) is 5.66. The quantitative estimate of drug-likeness (QED) is 0.502. The molecular formula is C27H39N3O. The third-order valence-electron chi connectivity index (χ3n) is 8.04. The third kappa shape index (κ3) is 3.82.